The van der Waals surface area contributed by atoms with Crippen molar-refractivity contribution in [2.45, 2.75) is 193 Å². The molecule has 0 aliphatic heterocycles. The van der Waals surface area contributed by atoms with Crippen LogP contribution in [0.2, 0.25) is 0 Å². The van der Waals surface area contributed by atoms with Crippen molar-refractivity contribution in [3.63, 3.8) is 0 Å². The van der Waals surface area contributed by atoms with Crippen molar-refractivity contribution in [2.24, 2.45) is 0 Å². The van der Waals surface area contributed by atoms with Gasteiger partial charge in [-0.05, 0) is 32.1 Å². The molecule has 50 heavy (non-hydrogen) atoms. The molecule has 3 atom stereocenters. The largest absolute Gasteiger partial charge is 0.472 e. The molecule has 0 aromatic heterocycles. The second-order valence-electron chi connectivity index (χ2n) is 15.4. The summed E-state index contributed by atoms with van der Waals surface area (Å²) < 4.78 is 23.5. The van der Waals surface area contributed by atoms with Gasteiger partial charge in [-0.1, -0.05) is 167 Å². The van der Waals surface area contributed by atoms with Crippen LogP contribution in [0.15, 0.2) is 24.3 Å². The standard InChI is InChI=1S/C41H81N2O6P/c1-6-8-10-12-14-16-18-19-20-21-22-23-25-26-28-30-32-34-40(44)39(38-49-50(46,47)48-37-36-43(3,4)5)42-41(45)35-33-31-29-27-24-17-15-13-11-9-7-2/h25-26,32,34,39-40,44H,6-24,27-31,33,35-38H2,1-5H3,(H-,42,45,46,47)/p+1/b26-25+,34-32+/t39-,40+/m0/s1. The Balaban J connectivity index is 4.51. The van der Waals surface area contributed by atoms with Crippen LogP contribution >= 0.6 is 7.82 Å². The summed E-state index contributed by atoms with van der Waals surface area (Å²) in [6.45, 7) is 4.77. The summed E-state index contributed by atoms with van der Waals surface area (Å²) in [5.41, 5.74) is 0. The van der Waals surface area contributed by atoms with E-state index in [9.17, 15) is 19.4 Å². The van der Waals surface area contributed by atoms with Crippen LogP contribution in [0.1, 0.15) is 181 Å². The van der Waals surface area contributed by atoms with Gasteiger partial charge in [0, 0.05) is 6.42 Å². The lowest BCUT2D eigenvalue weighted by molar-refractivity contribution is -0.870. The number of phosphoric ester groups is 1. The smallest absolute Gasteiger partial charge is 0.387 e. The summed E-state index contributed by atoms with van der Waals surface area (Å²) in [7, 11) is 1.56. The Hall–Kier alpha value is -1.02. The van der Waals surface area contributed by atoms with Crippen molar-refractivity contribution in [2.75, 3.05) is 40.9 Å². The Kier molecular flexibility index (Phi) is 33.1. The van der Waals surface area contributed by atoms with Gasteiger partial charge in [-0.25, -0.2) is 4.57 Å². The summed E-state index contributed by atoms with van der Waals surface area (Å²) in [5.74, 6) is -0.189. The molecule has 0 saturated heterocycles. The maximum atomic E-state index is 12.8. The van der Waals surface area contributed by atoms with E-state index >= 15 is 0 Å². The zero-order valence-electron chi connectivity index (χ0n) is 33.4. The highest BCUT2D eigenvalue weighted by Crippen LogP contribution is 2.43. The number of nitrogens with zero attached hydrogens (tertiary/aromatic N) is 1. The fourth-order valence-electron chi connectivity index (χ4n) is 5.82. The number of nitrogens with one attached hydrogen (secondary N) is 1. The first-order chi connectivity index (χ1) is 24.0. The fraction of sp³-hybridized carbons (Fsp3) is 0.878. The van der Waals surface area contributed by atoms with Crippen LogP contribution in [0.25, 0.3) is 0 Å². The lowest BCUT2D eigenvalue weighted by Crippen LogP contribution is -2.45. The number of carbonyl (C=O) groups is 1. The first-order valence-corrected chi connectivity index (χ1v) is 22.2. The van der Waals surface area contributed by atoms with Gasteiger partial charge in [0.2, 0.25) is 5.91 Å². The number of aliphatic hydroxyl groups is 1. The Morgan fingerprint density at radius 2 is 1.10 bits per heavy atom. The van der Waals surface area contributed by atoms with Crippen LogP contribution < -0.4 is 5.32 Å². The van der Waals surface area contributed by atoms with Gasteiger partial charge in [0.25, 0.3) is 0 Å². The number of carbonyl (C=O) groups excluding carboxylic acids is 1. The number of unbranched alkanes of at least 4 members (excludes halogenated alkanes) is 22. The van der Waals surface area contributed by atoms with Crippen LogP contribution in [-0.4, -0.2) is 73.4 Å². The molecule has 0 fully saturated rings. The molecule has 0 aliphatic rings. The zero-order chi connectivity index (χ0) is 37.2. The van der Waals surface area contributed by atoms with E-state index in [0.29, 0.717) is 17.4 Å². The van der Waals surface area contributed by atoms with E-state index in [4.69, 9.17) is 9.05 Å². The minimum Gasteiger partial charge on any atom is -0.387 e. The predicted molar refractivity (Wildman–Crippen MR) is 212 cm³/mol. The Labute approximate surface area is 309 Å². The fourth-order valence-corrected chi connectivity index (χ4v) is 6.56. The van der Waals surface area contributed by atoms with Crippen LogP contribution in [0.3, 0.4) is 0 Å². The highest BCUT2D eigenvalue weighted by Gasteiger charge is 2.27. The molecule has 0 heterocycles. The minimum atomic E-state index is -4.33. The van der Waals surface area contributed by atoms with Crippen LogP contribution in [0.5, 0.6) is 0 Å². The average molecular weight is 730 g/mol. The number of phosphoric acid groups is 1. The number of likely N-dealkylation sites (N-methyl/N-ethyl adjacent to an activating group) is 1. The first kappa shape index (κ1) is 49.0. The summed E-state index contributed by atoms with van der Waals surface area (Å²) in [5, 5.41) is 13.8. The van der Waals surface area contributed by atoms with E-state index in [2.05, 4.69) is 31.3 Å². The molecule has 9 heteroatoms. The molecule has 0 aromatic carbocycles. The number of hydrogen-bond donors (Lipinski definition) is 3. The summed E-state index contributed by atoms with van der Waals surface area (Å²) in [6.07, 6.45) is 38.2. The van der Waals surface area contributed by atoms with E-state index in [1.807, 2.05) is 27.2 Å². The predicted octanol–water partition coefficient (Wildman–Crippen LogP) is 11.0. The second-order valence-corrected chi connectivity index (χ2v) is 16.8. The molecule has 296 valence electrons. The van der Waals surface area contributed by atoms with Crippen LogP contribution in [-0.2, 0) is 18.4 Å². The van der Waals surface area contributed by atoms with Gasteiger partial charge in [0.1, 0.15) is 13.2 Å². The maximum Gasteiger partial charge on any atom is 0.472 e. The van der Waals surface area contributed by atoms with E-state index in [0.717, 1.165) is 38.5 Å². The number of aliphatic hydroxyl groups excluding tert-OH is 1. The number of quaternary nitrogens is 1. The van der Waals surface area contributed by atoms with Gasteiger partial charge >= 0.3 is 7.82 Å². The molecule has 1 unspecified atom stereocenters. The molecule has 0 saturated carbocycles. The molecule has 1 amide bonds. The van der Waals surface area contributed by atoms with Crippen LogP contribution in [0.4, 0.5) is 0 Å². The Morgan fingerprint density at radius 1 is 0.660 bits per heavy atom. The number of allylic oxidation sites excluding steroid dienone is 3. The van der Waals surface area contributed by atoms with E-state index in [1.165, 1.54) is 122 Å². The van der Waals surface area contributed by atoms with Gasteiger partial charge in [-0.3, -0.25) is 13.8 Å². The highest BCUT2D eigenvalue weighted by atomic mass is 31.2. The zero-order valence-corrected chi connectivity index (χ0v) is 34.3. The van der Waals surface area contributed by atoms with E-state index in [-0.39, 0.29) is 19.1 Å². The molecular formula is C41H82N2O6P+. The topological polar surface area (TPSA) is 105 Å². The molecule has 0 rings (SSSR count). The monoisotopic (exact) mass is 730 g/mol. The molecular weight excluding hydrogens is 647 g/mol. The molecule has 3 N–H and O–H groups in total. The first-order valence-electron chi connectivity index (χ1n) is 20.7. The SMILES string of the molecule is CCCCCCCCCCCCC/C=C/CC/C=C/[C@@H](O)[C@H](COP(=O)(O)OCC[N+](C)(C)C)NC(=O)CCCCCCCCCCCCC. The van der Waals surface area contributed by atoms with Gasteiger partial charge in [-0.15, -0.1) is 0 Å². The molecule has 0 bridgehead atoms. The van der Waals surface area contributed by atoms with Crippen molar-refractivity contribution < 1.29 is 32.9 Å². The Morgan fingerprint density at radius 3 is 1.60 bits per heavy atom. The van der Waals surface area contributed by atoms with E-state index < -0.39 is 20.0 Å². The minimum absolute atomic E-state index is 0.0579. The van der Waals surface area contributed by atoms with Gasteiger partial charge in [0.05, 0.1) is 39.9 Å². The van der Waals surface area contributed by atoms with Gasteiger partial charge in [0.15, 0.2) is 0 Å². The molecule has 0 radical (unpaired) electrons. The summed E-state index contributed by atoms with van der Waals surface area (Å²) >= 11 is 0. The normalized spacial score (nSPS) is 14.8. The molecule has 8 nitrogen and oxygen atoms in total. The van der Waals surface area contributed by atoms with Gasteiger partial charge < -0.3 is 19.8 Å². The lowest BCUT2D eigenvalue weighted by Gasteiger charge is -2.25. The van der Waals surface area contributed by atoms with E-state index in [1.54, 1.807) is 6.08 Å². The third-order valence-corrected chi connectivity index (χ3v) is 10.2. The summed E-state index contributed by atoms with van der Waals surface area (Å²) in [4.78, 5) is 23.0. The maximum absolute atomic E-state index is 12.8. The Bertz CT molecular complexity index is 876. The second kappa shape index (κ2) is 33.8. The van der Waals surface area contributed by atoms with Gasteiger partial charge in [-0.2, -0.15) is 0 Å². The highest BCUT2D eigenvalue weighted by molar-refractivity contribution is 7.47. The molecule has 0 spiro atoms. The third-order valence-electron chi connectivity index (χ3n) is 9.17. The number of amides is 1. The van der Waals surface area contributed by atoms with Crippen molar-refractivity contribution in [3.05, 3.63) is 24.3 Å². The lowest BCUT2D eigenvalue weighted by atomic mass is 10.0. The quantitative estimate of drug-likeness (QED) is 0.0254. The average Bonchev–Trinajstić information content (AvgIpc) is 3.06. The molecule has 0 aliphatic carbocycles. The van der Waals surface area contributed by atoms with Crippen molar-refractivity contribution in [1.29, 1.82) is 0 Å². The number of hydrogen-bond acceptors (Lipinski definition) is 5. The van der Waals surface area contributed by atoms with Crippen molar-refractivity contribution in [3.8, 4) is 0 Å². The van der Waals surface area contributed by atoms with Crippen LogP contribution in [0, 0.1) is 0 Å². The number of rotatable bonds is 37. The molecule has 0 aromatic rings. The summed E-state index contributed by atoms with van der Waals surface area (Å²) in [6, 6.07) is -0.856. The van der Waals surface area contributed by atoms with Crippen molar-refractivity contribution in [1.82, 2.24) is 5.32 Å². The third kappa shape index (κ3) is 35.4. The van der Waals surface area contributed by atoms with Crippen molar-refractivity contribution >= 4 is 13.7 Å².